The van der Waals surface area contributed by atoms with E-state index in [1.54, 1.807) is 0 Å². The minimum atomic E-state index is -0.877. The monoisotopic (exact) mass is 594 g/mol. The number of hydrogen-bond donors (Lipinski definition) is 0. The first-order valence-electron chi connectivity index (χ1n) is 7.81. The molecule has 3 aromatic rings. The van der Waals surface area contributed by atoms with Crippen molar-refractivity contribution in [2.75, 3.05) is 6.54 Å². The maximum Gasteiger partial charge on any atom is 0.102 e. The molecule has 130 valence electrons. The summed E-state index contributed by atoms with van der Waals surface area (Å²) in [6, 6.07) is 32.5. The second-order valence-electron chi connectivity index (χ2n) is 5.06. The van der Waals surface area contributed by atoms with Crippen LogP contribution in [0.3, 0.4) is 0 Å². The first-order valence-corrected chi connectivity index (χ1v) is 10.5. The van der Waals surface area contributed by atoms with Crippen LogP contribution in [0.2, 0.25) is 5.32 Å². The number of hydrogen-bond acceptors (Lipinski definition) is 0. The van der Waals surface area contributed by atoms with E-state index < -0.39 is 7.92 Å². The van der Waals surface area contributed by atoms with Crippen molar-refractivity contribution < 1.29 is 22.4 Å². The Morgan fingerprint density at radius 3 is 1.20 bits per heavy atom. The number of rotatable bonds is 4. The number of nitrogens with zero attached hydrogens (tertiary/aromatic N) is 1. The van der Waals surface area contributed by atoms with Crippen molar-refractivity contribution in [1.82, 2.24) is 0 Å². The van der Waals surface area contributed by atoms with Gasteiger partial charge in [0, 0.05) is 22.4 Å². The van der Waals surface area contributed by atoms with Gasteiger partial charge in [0.15, 0.2) is 0 Å². The molecule has 0 N–H and O–H groups in total. The Kier molecular flexibility index (Phi) is 11.5. The second-order valence-corrected chi connectivity index (χ2v) is 8.40. The van der Waals surface area contributed by atoms with E-state index in [0.717, 1.165) is 5.32 Å². The van der Waals surface area contributed by atoms with Crippen LogP contribution in [-0.4, -0.2) is 22.6 Å². The van der Waals surface area contributed by atoms with E-state index in [0.29, 0.717) is 6.54 Å². The van der Waals surface area contributed by atoms with E-state index >= 15 is 0 Å². The normalized spacial score (nSPS) is 9.32. The fourth-order valence-corrected chi connectivity index (χ4v) is 5.13. The first-order chi connectivity index (χ1) is 11.9. The van der Waals surface area contributed by atoms with Gasteiger partial charge in [0.1, 0.15) is 15.9 Å². The van der Waals surface area contributed by atoms with Crippen molar-refractivity contribution in [2.45, 2.75) is 5.32 Å². The Morgan fingerprint density at radius 1 is 0.680 bits per heavy atom. The molecule has 0 aliphatic heterocycles. The summed E-state index contributed by atoms with van der Waals surface area (Å²) in [5, 5.41) is 5.17. The fraction of sp³-hybridized carbons (Fsp3) is 0.0952. The van der Waals surface area contributed by atoms with Gasteiger partial charge in [-0.25, -0.2) is 0 Å². The quantitative estimate of drug-likeness (QED) is 0.247. The van der Waals surface area contributed by atoms with E-state index in [1.165, 1.54) is 15.9 Å². The molecule has 0 aliphatic rings. The molecule has 0 bridgehead atoms. The summed E-state index contributed by atoms with van der Waals surface area (Å²) in [6.45, 7) is 6.83. The summed E-state index contributed by atoms with van der Waals surface area (Å²) in [7, 11) is -0.877. The van der Waals surface area contributed by atoms with E-state index in [9.17, 15) is 0 Å². The zero-order valence-electron chi connectivity index (χ0n) is 13.7. The standard InChI is InChI=1S/C18H15P.C3H4NSe.Au/c1-4-10-16(11-5-1)19(17-12-6-2-7-13-17)18-14-8-3-9-15-18;1-4-2-3-5;/h1-15H;2-3H2;/p+1. The molecule has 25 heavy (non-hydrogen) atoms. The Balaban J connectivity index is 0.000000462. The predicted molar refractivity (Wildman–Crippen MR) is 109 cm³/mol. The van der Waals surface area contributed by atoms with Gasteiger partial charge in [-0.3, -0.25) is 0 Å². The van der Waals surface area contributed by atoms with Crippen LogP contribution in [0.15, 0.2) is 91.0 Å². The Hall–Kier alpha value is -1.16. The summed E-state index contributed by atoms with van der Waals surface area (Å²) in [5.74, 6) is 0. The van der Waals surface area contributed by atoms with Crippen LogP contribution in [0.25, 0.3) is 4.85 Å². The summed E-state index contributed by atoms with van der Waals surface area (Å²) in [5.41, 5.74) is 0. The summed E-state index contributed by atoms with van der Waals surface area (Å²) < 4.78 is 0. The molecule has 0 spiro atoms. The molecule has 0 aliphatic carbocycles. The largest absolute Gasteiger partial charge is 0.102 e. The van der Waals surface area contributed by atoms with Crippen molar-refractivity contribution in [3.8, 4) is 0 Å². The molecule has 2 radical (unpaired) electrons. The topological polar surface area (TPSA) is 4.36 Å². The minimum Gasteiger partial charge on any atom is -0.0620 e. The van der Waals surface area contributed by atoms with E-state index in [1.807, 2.05) is 0 Å². The average molecular weight is 593 g/mol. The van der Waals surface area contributed by atoms with Crippen LogP contribution in [-0.2, 0) is 22.4 Å². The maximum atomic E-state index is 6.21. The molecule has 0 unspecified atom stereocenters. The third kappa shape index (κ3) is 7.31. The molecule has 3 aromatic carbocycles. The van der Waals surface area contributed by atoms with Crippen molar-refractivity contribution in [3.63, 3.8) is 0 Å². The van der Waals surface area contributed by atoms with Crippen molar-refractivity contribution in [2.24, 2.45) is 0 Å². The van der Waals surface area contributed by atoms with Crippen LogP contribution in [0.4, 0.5) is 0 Å². The van der Waals surface area contributed by atoms with Crippen molar-refractivity contribution >= 4 is 39.8 Å². The summed E-state index contributed by atoms with van der Waals surface area (Å²) in [6.07, 6.45) is 0. The van der Waals surface area contributed by atoms with Crippen LogP contribution >= 0.6 is 7.92 Å². The molecule has 0 amide bonds. The van der Waals surface area contributed by atoms with Gasteiger partial charge < -0.3 is 0 Å². The third-order valence-corrected chi connectivity index (χ3v) is 6.51. The first kappa shape index (κ1) is 21.9. The zero-order valence-corrected chi connectivity index (χ0v) is 18.6. The average Bonchev–Trinajstić information content (AvgIpc) is 2.66. The minimum absolute atomic E-state index is 0. The molecule has 4 heteroatoms. The predicted octanol–water partition coefficient (Wildman–Crippen LogP) is 3.67. The fourth-order valence-electron chi connectivity index (χ4n) is 2.36. The molecule has 0 saturated carbocycles. The van der Waals surface area contributed by atoms with Crippen LogP contribution in [0, 0.1) is 6.57 Å². The van der Waals surface area contributed by atoms with E-state index in [2.05, 4.69) is 112 Å². The molecule has 0 aromatic heterocycles. The van der Waals surface area contributed by atoms with Gasteiger partial charge in [-0.2, -0.15) is 0 Å². The van der Waals surface area contributed by atoms with Gasteiger partial charge in [0.05, 0.1) is 7.92 Å². The molecular formula is C21H20AuNPSe+. The second kappa shape index (κ2) is 13.1. The van der Waals surface area contributed by atoms with Gasteiger partial charge >= 0.3 is 39.3 Å². The zero-order chi connectivity index (χ0) is 17.0. The third-order valence-electron chi connectivity index (χ3n) is 3.39. The summed E-state index contributed by atoms with van der Waals surface area (Å²) >= 11 is 2.73. The van der Waals surface area contributed by atoms with Crippen LogP contribution < -0.4 is 15.9 Å². The molecule has 1 nitrogen and oxygen atoms in total. The molecule has 0 atom stereocenters. The van der Waals surface area contributed by atoms with Gasteiger partial charge in [-0.05, 0) is 36.4 Å². The maximum absolute atomic E-state index is 6.21. The van der Waals surface area contributed by atoms with Crippen molar-refractivity contribution in [3.05, 3.63) is 102 Å². The van der Waals surface area contributed by atoms with Gasteiger partial charge in [-0.15, -0.1) is 0 Å². The van der Waals surface area contributed by atoms with E-state index in [4.69, 9.17) is 6.57 Å². The smallest absolute Gasteiger partial charge is 0.0620 e. The van der Waals surface area contributed by atoms with Gasteiger partial charge in [0.2, 0.25) is 0 Å². The van der Waals surface area contributed by atoms with Crippen LogP contribution in [0.5, 0.6) is 0 Å². The Labute approximate surface area is 175 Å². The van der Waals surface area contributed by atoms with Crippen molar-refractivity contribution in [1.29, 1.82) is 0 Å². The van der Waals surface area contributed by atoms with Gasteiger partial charge in [0.25, 0.3) is 0 Å². The molecule has 3 rings (SSSR count). The summed E-state index contributed by atoms with van der Waals surface area (Å²) in [4.78, 5) is 3.07. The molecule has 0 heterocycles. The molecule has 0 saturated heterocycles. The van der Waals surface area contributed by atoms with E-state index in [-0.39, 0.29) is 22.4 Å². The van der Waals surface area contributed by atoms with Gasteiger partial charge in [-0.1, -0.05) is 54.6 Å². The number of benzene rings is 3. The molecule has 0 fully saturated rings. The van der Waals surface area contributed by atoms with Crippen LogP contribution in [0.1, 0.15) is 0 Å². The Bertz CT molecular complexity index is 651. The Morgan fingerprint density at radius 2 is 1.00 bits per heavy atom. The SMILES string of the molecule is [Au].[C-]#[N+]CC[Se].c1ccc([PH+](c2ccccc2)c2ccccc2)cc1. The molecular weight excluding hydrogens is 573 g/mol.